The zero-order chi connectivity index (χ0) is 29.2. The molecule has 0 bridgehead atoms. The van der Waals surface area contributed by atoms with Crippen molar-refractivity contribution in [2.24, 2.45) is 0 Å². The van der Waals surface area contributed by atoms with Gasteiger partial charge in [0, 0.05) is 0 Å². The number of aliphatic hydroxyl groups is 2. The Labute approximate surface area is 202 Å². The van der Waals surface area contributed by atoms with E-state index < -0.39 is 74.7 Å². The first-order valence-electron chi connectivity index (χ1n) is 10.2. The summed E-state index contributed by atoms with van der Waals surface area (Å²) < 4.78 is 167. The number of aryl methyl sites for hydroxylation is 2. The highest BCUT2D eigenvalue weighted by Gasteiger charge is 2.73. The molecular weight excluding hydrogens is 536 g/mol. The fourth-order valence-electron chi connectivity index (χ4n) is 4.05. The van der Waals surface area contributed by atoms with Crippen molar-refractivity contribution in [3.8, 4) is 0 Å². The monoisotopic (exact) mass is 556 g/mol. The van der Waals surface area contributed by atoms with E-state index in [9.17, 15) is 62.9 Å². The fraction of sp³-hybridized carbons (Fsp3) is 0.478. The summed E-state index contributed by atoms with van der Waals surface area (Å²) in [5.74, 6) is 0. The molecule has 0 aliphatic heterocycles. The third kappa shape index (κ3) is 4.77. The Bertz CT molecular complexity index is 1060. The van der Waals surface area contributed by atoms with Gasteiger partial charge in [0.05, 0.1) is 0 Å². The van der Waals surface area contributed by atoms with Crippen LogP contribution in [0.25, 0.3) is 0 Å². The lowest BCUT2D eigenvalue weighted by Crippen LogP contribution is -2.55. The van der Waals surface area contributed by atoms with Gasteiger partial charge in [-0.05, 0) is 61.1 Å². The molecule has 0 saturated carbocycles. The van der Waals surface area contributed by atoms with Crippen LogP contribution in [-0.4, -0.2) is 34.9 Å². The smallest absolute Gasteiger partial charge is 0.376 e. The topological polar surface area (TPSA) is 40.5 Å². The molecule has 2 unspecified atom stereocenters. The van der Waals surface area contributed by atoms with Gasteiger partial charge in [-0.25, -0.2) is 0 Å². The van der Waals surface area contributed by atoms with Gasteiger partial charge in [0.1, 0.15) is 0 Å². The van der Waals surface area contributed by atoms with Crippen LogP contribution < -0.4 is 0 Å². The molecule has 0 aliphatic rings. The van der Waals surface area contributed by atoms with Gasteiger partial charge in [-0.3, -0.25) is 0 Å². The van der Waals surface area contributed by atoms with Crippen molar-refractivity contribution in [2.75, 3.05) is 0 Å². The molecule has 2 aromatic carbocycles. The first kappa shape index (κ1) is 30.7. The minimum absolute atomic E-state index is 0.120. The van der Waals surface area contributed by atoms with Gasteiger partial charge in [0.25, 0.3) is 0 Å². The maximum absolute atomic E-state index is 14.5. The van der Waals surface area contributed by atoms with Gasteiger partial charge in [-0.15, -0.1) is 0 Å². The van der Waals surface area contributed by atoms with Crippen LogP contribution in [-0.2, 0) is 16.6 Å². The van der Waals surface area contributed by atoms with Gasteiger partial charge in [0.2, 0.25) is 5.41 Å². The predicted molar refractivity (Wildman–Crippen MR) is 106 cm³/mol. The van der Waals surface area contributed by atoms with Crippen LogP contribution in [0.1, 0.15) is 47.2 Å². The quantitative estimate of drug-likeness (QED) is 0.390. The summed E-state index contributed by atoms with van der Waals surface area (Å²) >= 11 is 0. The van der Waals surface area contributed by atoms with Crippen molar-refractivity contribution >= 4 is 0 Å². The average Bonchev–Trinajstić information content (AvgIpc) is 2.66. The summed E-state index contributed by atoms with van der Waals surface area (Å²) in [6, 6.07) is 1.22. The van der Waals surface area contributed by atoms with E-state index in [2.05, 4.69) is 0 Å². The predicted octanol–water partition coefficient (Wildman–Crippen LogP) is 7.25. The Hall–Kier alpha value is -2.48. The van der Waals surface area contributed by atoms with Crippen LogP contribution in [0.3, 0.4) is 0 Å². The van der Waals surface area contributed by atoms with Gasteiger partial charge in [0.15, 0.2) is 11.2 Å². The van der Waals surface area contributed by atoms with Crippen molar-refractivity contribution < 1.29 is 62.9 Å². The van der Waals surface area contributed by atoms with Crippen LogP contribution in [0, 0.1) is 13.8 Å². The van der Waals surface area contributed by atoms with Gasteiger partial charge >= 0.3 is 24.7 Å². The van der Waals surface area contributed by atoms with Crippen molar-refractivity contribution in [2.45, 2.75) is 69.0 Å². The Morgan fingerprint density at radius 1 is 0.486 bits per heavy atom. The summed E-state index contributed by atoms with van der Waals surface area (Å²) in [6.45, 7) is 2.08. The lowest BCUT2D eigenvalue weighted by Gasteiger charge is -2.40. The zero-order valence-electron chi connectivity index (χ0n) is 19.4. The number of alkyl halides is 12. The van der Waals surface area contributed by atoms with E-state index in [4.69, 9.17) is 0 Å². The van der Waals surface area contributed by atoms with E-state index in [1.54, 1.807) is 0 Å². The molecule has 2 nitrogen and oxygen atoms in total. The lowest BCUT2D eigenvalue weighted by molar-refractivity contribution is -0.289. The Kier molecular flexibility index (Phi) is 7.30. The molecule has 208 valence electrons. The molecule has 2 N–H and O–H groups in total. The van der Waals surface area contributed by atoms with Crippen LogP contribution in [0.15, 0.2) is 36.4 Å². The second-order valence-electron chi connectivity index (χ2n) is 8.94. The Morgan fingerprint density at radius 3 is 0.973 bits per heavy atom. The Balaban J connectivity index is 3.11. The summed E-state index contributed by atoms with van der Waals surface area (Å²) in [6.07, 6.45) is -23.8. The van der Waals surface area contributed by atoms with Crippen molar-refractivity contribution in [1.82, 2.24) is 0 Å². The molecule has 0 aliphatic carbocycles. The summed E-state index contributed by atoms with van der Waals surface area (Å²) in [7, 11) is 0. The molecule has 0 heterocycles. The summed E-state index contributed by atoms with van der Waals surface area (Å²) in [5, 5.41) is 20.0. The van der Waals surface area contributed by atoms with Gasteiger partial charge in [-0.1, -0.05) is 36.4 Å². The third-order valence-corrected chi connectivity index (χ3v) is 6.34. The number of hydrogen-bond donors (Lipinski definition) is 2. The minimum Gasteiger partial charge on any atom is -0.376 e. The molecule has 37 heavy (non-hydrogen) atoms. The van der Waals surface area contributed by atoms with Crippen molar-refractivity contribution in [3.05, 3.63) is 69.8 Å². The average molecular weight is 556 g/mol. The van der Waals surface area contributed by atoms with E-state index in [1.165, 1.54) is 0 Å². The molecule has 0 amide bonds. The van der Waals surface area contributed by atoms with E-state index in [0.29, 0.717) is 12.1 Å². The van der Waals surface area contributed by atoms with Crippen LogP contribution in [0.4, 0.5) is 52.7 Å². The molecule has 0 radical (unpaired) electrons. The standard InChI is InChI=1S/C23H20F12O2/c1-11-5-7-13(9-15(11)17(3,36)20(24,25)26)19(22(30,31)32,23(33,34)35)14-8-6-12(2)16(10-14)18(4,37)21(27,28)29/h5-10,36-37H,1-4H3. The van der Waals surface area contributed by atoms with Crippen LogP contribution in [0.5, 0.6) is 0 Å². The summed E-state index contributed by atoms with van der Waals surface area (Å²) in [4.78, 5) is 0. The largest absolute Gasteiger partial charge is 0.421 e. The van der Waals surface area contributed by atoms with Crippen molar-refractivity contribution in [3.63, 3.8) is 0 Å². The molecule has 0 fully saturated rings. The third-order valence-electron chi connectivity index (χ3n) is 6.34. The normalized spacial score (nSPS) is 17.4. The zero-order valence-corrected chi connectivity index (χ0v) is 19.4. The van der Waals surface area contributed by atoms with E-state index in [0.717, 1.165) is 13.8 Å². The van der Waals surface area contributed by atoms with Gasteiger partial charge < -0.3 is 10.2 Å². The van der Waals surface area contributed by atoms with Crippen LogP contribution >= 0.6 is 0 Å². The molecule has 0 spiro atoms. The molecular formula is C23H20F12O2. The summed E-state index contributed by atoms with van der Waals surface area (Å²) in [5.41, 5.74) is -20.2. The van der Waals surface area contributed by atoms with Crippen LogP contribution in [0.2, 0.25) is 0 Å². The first-order chi connectivity index (χ1) is 16.2. The molecule has 2 aromatic rings. The SMILES string of the molecule is Cc1ccc(C(c2ccc(C)c(C(C)(O)C(F)(F)F)c2)(C(F)(F)F)C(F)(F)F)cc1C(C)(O)C(F)(F)F. The highest BCUT2D eigenvalue weighted by Crippen LogP contribution is 2.57. The number of halogens is 12. The maximum Gasteiger partial charge on any atom is 0.421 e. The number of rotatable bonds is 4. The van der Waals surface area contributed by atoms with E-state index >= 15 is 0 Å². The molecule has 2 rings (SSSR count). The second-order valence-corrected chi connectivity index (χ2v) is 8.94. The highest BCUT2D eigenvalue weighted by molar-refractivity contribution is 5.51. The van der Waals surface area contributed by atoms with E-state index in [-0.39, 0.29) is 38.1 Å². The highest BCUT2D eigenvalue weighted by atomic mass is 19.4. The first-order valence-corrected chi connectivity index (χ1v) is 10.2. The molecule has 0 aromatic heterocycles. The number of benzene rings is 2. The fourth-order valence-corrected chi connectivity index (χ4v) is 4.05. The number of hydrogen-bond acceptors (Lipinski definition) is 2. The maximum atomic E-state index is 14.5. The lowest BCUT2D eigenvalue weighted by atomic mass is 9.70. The van der Waals surface area contributed by atoms with E-state index in [1.807, 2.05) is 0 Å². The minimum atomic E-state index is -6.36. The molecule has 14 heteroatoms. The van der Waals surface area contributed by atoms with Gasteiger partial charge in [-0.2, -0.15) is 52.7 Å². The molecule has 0 saturated heterocycles. The second kappa shape index (κ2) is 8.79. The molecule has 2 atom stereocenters. The Morgan fingerprint density at radius 2 is 0.757 bits per heavy atom. The van der Waals surface area contributed by atoms with Crippen molar-refractivity contribution in [1.29, 1.82) is 0 Å².